The minimum absolute atomic E-state index is 0.203. The van der Waals surface area contributed by atoms with Crippen molar-refractivity contribution in [3.63, 3.8) is 0 Å². The number of pyridine rings is 2. The molecule has 3 aromatic heterocycles. The zero-order valence-electron chi connectivity index (χ0n) is 18.9. The standard InChI is InChI=1S/C25H26N6O3/c1-30(20-7-9-31(15-20)25(33)16-32)14-17-10-18-2-4-21(11-23(18)26-12-17)34-24-5-3-19(13-27-24)22-6-8-28-29-22/h2-6,8,10-13,20,32H,7,9,14-16H2,1H3,(H,28,29)/t20-/m1/s1. The lowest BCUT2D eigenvalue weighted by Crippen LogP contribution is -2.37. The number of carbonyl (C=O) groups excluding carboxylic acids is 1. The van der Waals surface area contributed by atoms with E-state index in [1.807, 2.05) is 42.6 Å². The van der Waals surface area contributed by atoms with Crippen LogP contribution in [0.15, 0.2) is 61.1 Å². The Balaban J connectivity index is 1.23. The lowest BCUT2D eigenvalue weighted by Gasteiger charge is -2.24. The second-order valence-electron chi connectivity index (χ2n) is 8.51. The summed E-state index contributed by atoms with van der Waals surface area (Å²) in [7, 11) is 2.06. The van der Waals surface area contributed by atoms with Crippen LogP contribution < -0.4 is 4.74 Å². The van der Waals surface area contributed by atoms with Crippen LogP contribution >= 0.6 is 0 Å². The summed E-state index contributed by atoms with van der Waals surface area (Å²) in [5.41, 5.74) is 3.79. The Morgan fingerprint density at radius 1 is 1.21 bits per heavy atom. The first kappa shape index (κ1) is 22.0. The molecule has 0 bridgehead atoms. The van der Waals surface area contributed by atoms with Crippen LogP contribution in [0.3, 0.4) is 0 Å². The number of hydrogen-bond donors (Lipinski definition) is 2. The largest absolute Gasteiger partial charge is 0.439 e. The molecule has 5 rings (SSSR count). The maximum absolute atomic E-state index is 11.7. The van der Waals surface area contributed by atoms with E-state index in [1.54, 1.807) is 17.3 Å². The number of likely N-dealkylation sites (N-methyl/N-ethyl adjacent to an activating group) is 1. The van der Waals surface area contributed by atoms with Crippen molar-refractivity contribution in [2.45, 2.75) is 19.0 Å². The Bertz CT molecular complexity index is 1280. The molecule has 0 unspecified atom stereocenters. The fourth-order valence-electron chi connectivity index (χ4n) is 4.28. The van der Waals surface area contributed by atoms with Crippen molar-refractivity contribution in [1.82, 2.24) is 30.0 Å². The van der Waals surface area contributed by atoms with Crippen LogP contribution in [-0.4, -0.2) is 73.8 Å². The van der Waals surface area contributed by atoms with Gasteiger partial charge in [0.25, 0.3) is 0 Å². The summed E-state index contributed by atoms with van der Waals surface area (Å²) in [4.78, 5) is 24.7. The molecule has 0 aliphatic carbocycles. The molecule has 9 nitrogen and oxygen atoms in total. The Kier molecular flexibility index (Phi) is 6.20. The number of carbonyl (C=O) groups is 1. The van der Waals surface area contributed by atoms with Gasteiger partial charge in [0.2, 0.25) is 11.8 Å². The molecular formula is C25H26N6O3. The SMILES string of the molecule is CN(Cc1cnc2cc(Oc3ccc(-c4ccn[nH]4)cn3)ccc2c1)[C@@H]1CCN(C(=O)CO)C1. The predicted molar refractivity (Wildman–Crippen MR) is 127 cm³/mol. The van der Waals surface area contributed by atoms with E-state index in [2.05, 4.69) is 38.2 Å². The third-order valence-corrected chi connectivity index (χ3v) is 6.19. The number of ether oxygens (including phenoxy) is 1. The second-order valence-corrected chi connectivity index (χ2v) is 8.51. The van der Waals surface area contributed by atoms with Crippen LogP contribution in [0.5, 0.6) is 11.6 Å². The summed E-state index contributed by atoms with van der Waals surface area (Å²) in [6, 6.07) is 13.9. The van der Waals surface area contributed by atoms with Gasteiger partial charge in [-0.05, 0) is 49.4 Å². The molecule has 1 aliphatic heterocycles. The minimum Gasteiger partial charge on any atom is -0.439 e. The van der Waals surface area contributed by atoms with Crippen molar-refractivity contribution in [1.29, 1.82) is 0 Å². The zero-order valence-corrected chi connectivity index (χ0v) is 18.9. The number of aliphatic hydroxyl groups is 1. The average molecular weight is 459 g/mol. The van der Waals surface area contributed by atoms with Crippen molar-refractivity contribution in [3.05, 3.63) is 66.6 Å². The fourth-order valence-corrected chi connectivity index (χ4v) is 4.28. The van der Waals surface area contributed by atoms with E-state index in [0.717, 1.165) is 40.7 Å². The van der Waals surface area contributed by atoms with Crippen LogP contribution in [0.25, 0.3) is 22.2 Å². The smallest absolute Gasteiger partial charge is 0.248 e. The van der Waals surface area contributed by atoms with E-state index in [1.165, 1.54) is 0 Å². The molecule has 1 amide bonds. The van der Waals surface area contributed by atoms with Crippen LogP contribution in [0.4, 0.5) is 0 Å². The first-order valence-electron chi connectivity index (χ1n) is 11.2. The normalized spacial score (nSPS) is 15.9. The molecule has 4 heterocycles. The van der Waals surface area contributed by atoms with Gasteiger partial charge in [0.15, 0.2) is 0 Å². The third kappa shape index (κ3) is 4.75. The van der Waals surface area contributed by atoms with Crippen LogP contribution in [-0.2, 0) is 11.3 Å². The highest BCUT2D eigenvalue weighted by Crippen LogP contribution is 2.26. The van der Waals surface area contributed by atoms with Crippen LogP contribution in [0.2, 0.25) is 0 Å². The summed E-state index contributed by atoms with van der Waals surface area (Å²) >= 11 is 0. The molecule has 2 N–H and O–H groups in total. The number of rotatable bonds is 7. The van der Waals surface area contributed by atoms with Crippen molar-refractivity contribution in [2.75, 3.05) is 26.7 Å². The van der Waals surface area contributed by atoms with Gasteiger partial charge in [0.05, 0.1) is 11.2 Å². The molecule has 1 fully saturated rings. The van der Waals surface area contributed by atoms with Gasteiger partial charge < -0.3 is 14.7 Å². The molecule has 1 aliphatic rings. The molecule has 34 heavy (non-hydrogen) atoms. The zero-order chi connectivity index (χ0) is 23.5. The summed E-state index contributed by atoms with van der Waals surface area (Å²) in [5.74, 6) is 0.975. The van der Waals surface area contributed by atoms with Gasteiger partial charge in [-0.15, -0.1) is 0 Å². The number of nitrogens with one attached hydrogen (secondary N) is 1. The van der Waals surface area contributed by atoms with Crippen molar-refractivity contribution < 1.29 is 14.6 Å². The summed E-state index contributed by atoms with van der Waals surface area (Å²) in [6.45, 7) is 1.64. The molecule has 4 aromatic rings. The molecule has 1 saturated heterocycles. The van der Waals surface area contributed by atoms with Crippen LogP contribution in [0, 0.1) is 0 Å². The topological polar surface area (TPSA) is 107 Å². The lowest BCUT2D eigenvalue weighted by molar-refractivity contribution is -0.133. The number of benzene rings is 1. The monoisotopic (exact) mass is 458 g/mol. The average Bonchev–Trinajstić information content (AvgIpc) is 3.57. The van der Waals surface area contributed by atoms with Crippen molar-refractivity contribution >= 4 is 16.8 Å². The third-order valence-electron chi connectivity index (χ3n) is 6.19. The summed E-state index contributed by atoms with van der Waals surface area (Å²) in [6.07, 6.45) is 6.23. The Morgan fingerprint density at radius 2 is 2.12 bits per heavy atom. The first-order chi connectivity index (χ1) is 16.6. The highest BCUT2D eigenvalue weighted by atomic mass is 16.5. The number of hydrogen-bond acceptors (Lipinski definition) is 7. The highest BCUT2D eigenvalue weighted by Gasteiger charge is 2.28. The molecule has 0 radical (unpaired) electrons. The Hall–Kier alpha value is -3.82. The maximum Gasteiger partial charge on any atom is 0.248 e. The summed E-state index contributed by atoms with van der Waals surface area (Å²) < 4.78 is 5.92. The molecule has 9 heteroatoms. The van der Waals surface area contributed by atoms with Gasteiger partial charge in [-0.3, -0.25) is 19.8 Å². The van der Waals surface area contributed by atoms with E-state index in [0.29, 0.717) is 24.7 Å². The number of aliphatic hydroxyl groups excluding tert-OH is 1. The molecule has 0 saturated carbocycles. The van der Waals surface area contributed by atoms with Gasteiger partial charge >= 0.3 is 0 Å². The summed E-state index contributed by atoms with van der Waals surface area (Å²) in [5, 5.41) is 17.0. The van der Waals surface area contributed by atoms with E-state index in [-0.39, 0.29) is 11.9 Å². The number of amides is 1. The van der Waals surface area contributed by atoms with Gasteiger partial charge in [-0.2, -0.15) is 5.10 Å². The van der Waals surface area contributed by atoms with Crippen molar-refractivity contribution in [3.8, 4) is 22.9 Å². The van der Waals surface area contributed by atoms with Gasteiger partial charge in [-0.1, -0.05) is 0 Å². The molecule has 1 aromatic carbocycles. The maximum atomic E-state index is 11.7. The number of nitrogens with zero attached hydrogens (tertiary/aromatic N) is 5. The number of aromatic amines is 1. The number of fused-ring (bicyclic) bond motifs is 1. The molecular weight excluding hydrogens is 432 g/mol. The first-order valence-corrected chi connectivity index (χ1v) is 11.2. The van der Waals surface area contributed by atoms with E-state index in [4.69, 9.17) is 9.84 Å². The molecule has 1 atom stereocenters. The Labute approximate surface area is 197 Å². The van der Waals surface area contributed by atoms with Gasteiger partial charge in [0, 0.05) is 67.3 Å². The fraction of sp³-hybridized carbons (Fsp3) is 0.280. The number of likely N-dealkylation sites (tertiary alicyclic amines) is 1. The van der Waals surface area contributed by atoms with Gasteiger partial charge in [-0.25, -0.2) is 4.98 Å². The number of aromatic nitrogens is 4. The molecule has 174 valence electrons. The van der Waals surface area contributed by atoms with E-state index in [9.17, 15) is 4.79 Å². The quantitative estimate of drug-likeness (QED) is 0.438. The molecule has 0 spiro atoms. The van der Waals surface area contributed by atoms with E-state index < -0.39 is 6.61 Å². The predicted octanol–water partition coefficient (Wildman–Crippen LogP) is 2.84. The van der Waals surface area contributed by atoms with Crippen molar-refractivity contribution in [2.24, 2.45) is 0 Å². The Morgan fingerprint density at radius 3 is 2.88 bits per heavy atom. The van der Waals surface area contributed by atoms with Crippen LogP contribution in [0.1, 0.15) is 12.0 Å². The van der Waals surface area contributed by atoms with Gasteiger partial charge in [0.1, 0.15) is 12.4 Å². The number of H-pyrrole nitrogens is 1. The van der Waals surface area contributed by atoms with E-state index >= 15 is 0 Å². The minimum atomic E-state index is -0.427. The lowest BCUT2D eigenvalue weighted by atomic mass is 10.1. The second kappa shape index (κ2) is 9.58. The highest BCUT2D eigenvalue weighted by molar-refractivity contribution is 5.80.